The third kappa shape index (κ3) is 1.72. The Bertz CT molecular complexity index is 719. The molecule has 0 saturated carbocycles. The molecule has 0 amide bonds. The van der Waals surface area contributed by atoms with Crippen LogP contribution in [0.1, 0.15) is 0 Å². The average molecular weight is 280 g/mol. The van der Waals surface area contributed by atoms with Crippen molar-refractivity contribution >= 4 is 39.0 Å². The van der Waals surface area contributed by atoms with Crippen LogP contribution in [0.5, 0.6) is 5.75 Å². The van der Waals surface area contributed by atoms with Crippen LogP contribution in [0.15, 0.2) is 23.7 Å². The SMILES string of the molecule is COc1cc2c(-c3csc(N)n3)c[nH]c2cc1Cl. The second-order valence-corrected chi connectivity index (χ2v) is 5.10. The first-order chi connectivity index (χ1) is 8.69. The van der Waals surface area contributed by atoms with Crippen LogP contribution in [0.4, 0.5) is 5.13 Å². The number of methoxy groups -OCH3 is 1. The van der Waals surface area contributed by atoms with Gasteiger partial charge in [0.05, 0.1) is 17.8 Å². The maximum absolute atomic E-state index is 6.08. The fraction of sp³-hybridized carbons (Fsp3) is 0.0833. The molecule has 0 aliphatic rings. The van der Waals surface area contributed by atoms with Crippen LogP contribution >= 0.6 is 22.9 Å². The van der Waals surface area contributed by atoms with Gasteiger partial charge in [-0.15, -0.1) is 11.3 Å². The highest BCUT2D eigenvalue weighted by atomic mass is 35.5. The molecular formula is C12H10ClN3OS. The molecule has 0 bridgehead atoms. The van der Waals surface area contributed by atoms with E-state index in [2.05, 4.69) is 9.97 Å². The number of nitrogens with one attached hydrogen (secondary N) is 1. The molecule has 2 heterocycles. The number of thiazole rings is 1. The van der Waals surface area contributed by atoms with Crippen molar-refractivity contribution in [2.45, 2.75) is 0 Å². The molecule has 0 radical (unpaired) electrons. The summed E-state index contributed by atoms with van der Waals surface area (Å²) >= 11 is 7.50. The van der Waals surface area contributed by atoms with Crippen LogP contribution in [0.2, 0.25) is 5.02 Å². The predicted octanol–water partition coefficient (Wildman–Crippen LogP) is 3.54. The van der Waals surface area contributed by atoms with Gasteiger partial charge in [-0.25, -0.2) is 4.98 Å². The number of aromatic nitrogens is 2. The molecule has 0 aliphatic carbocycles. The Morgan fingerprint density at radius 2 is 2.28 bits per heavy atom. The van der Waals surface area contributed by atoms with Gasteiger partial charge in [-0.05, 0) is 12.1 Å². The van der Waals surface area contributed by atoms with E-state index in [-0.39, 0.29) is 0 Å². The molecule has 0 saturated heterocycles. The predicted molar refractivity (Wildman–Crippen MR) is 75.4 cm³/mol. The number of hydrogen-bond acceptors (Lipinski definition) is 4. The number of anilines is 1. The van der Waals surface area contributed by atoms with E-state index < -0.39 is 0 Å². The number of halogens is 1. The van der Waals surface area contributed by atoms with Gasteiger partial charge in [0.15, 0.2) is 5.13 Å². The largest absolute Gasteiger partial charge is 0.495 e. The van der Waals surface area contributed by atoms with E-state index in [9.17, 15) is 0 Å². The summed E-state index contributed by atoms with van der Waals surface area (Å²) in [6.45, 7) is 0. The number of aromatic amines is 1. The second kappa shape index (κ2) is 4.19. The van der Waals surface area contributed by atoms with Crippen LogP contribution in [0, 0.1) is 0 Å². The van der Waals surface area contributed by atoms with Gasteiger partial charge in [0.2, 0.25) is 0 Å². The molecule has 92 valence electrons. The molecule has 6 heteroatoms. The summed E-state index contributed by atoms with van der Waals surface area (Å²) in [5.41, 5.74) is 8.46. The second-order valence-electron chi connectivity index (χ2n) is 3.81. The zero-order valence-corrected chi connectivity index (χ0v) is 11.1. The van der Waals surface area contributed by atoms with Crippen molar-refractivity contribution in [1.29, 1.82) is 0 Å². The molecule has 0 atom stereocenters. The highest BCUT2D eigenvalue weighted by molar-refractivity contribution is 7.13. The van der Waals surface area contributed by atoms with Crippen LogP contribution in [0.25, 0.3) is 22.2 Å². The number of benzene rings is 1. The molecule has 4 nitrogen and oxygen atoms in total. The number of hydrogen-bond donors (Lipinski definition) is 2. The number of fused-ring (bicyclic) bond motifs is 1. The van der Waals surface area contributed by atoms with Crippen molar-refractivity contribution in [1.82, 2.24) is 9.97 Å². The molecule has 0 aliphatic heterocycles. The van der Waals surface area contributed by atoms with E-state index in [1.807, 2.05) is 23.7 Å². The van der Waals surface area contributed by atoms with Crippen LogP contribution in [-0.2, 0) is 0 Å². The smallest absolute Gasteiger partial charge is 0.180 e. The van der Waals surface area contributed by atoms with E-state index in [0.717, 1.165) is 22.2 Å². The van der Waals surface area contributed by atoms with Gasteiger partial charge in [0.1, 0.15) is 5.75 Å². The minimum Gasteiger partial charge on any atom is -0.495 e. The van der Waals surface area contributed by atoms with Gasteiger partial charge in [0, 0.05) is 28.0 Å². The maximum Gasteiger partial charge on any atom is 0.180 e. The standard InChI is InChI=1S/C12H10ClN3OS/c1-17-11-2-6-7(10-5-18-12(14)16-10)4-15-9(6)3-8(11)13/h2-5,15H,1H3,(H2,14,16). The lowest BCUT2D eigenvalue weighted by Crippen LogP contribution is -1.85. The van der Waals surface area contributed by atoms with Crippen molar-refractivity contribution in [2.75, 3.05) is 12.8 Å². The summed E-state index contributed by atoms with van der Waals surface area (Å²) in [7, 11) is 1.60. The Labute approximate surface area is 112 Å². The van der Waals surface area contributed by atoms with E-state index in [1.165, 1.54) is 11.3 Å². The summed E-state index contributed by atoms with van der Waals surface area (Å²) < 4.78 is 5.23. The highest BCUT2D eigenvalue weighted by Gasteiger charge is 2.12. The lowest BCUT2D eigenvalue weighted by molar-refractivity contribution is 0.415. The van der Waals surface area contributed by atoms with Crippen LogP contribution < -0.4 is 10.5 Å². The van der Waals surface area contributed by atoms with Crippen molar-refractivity contribution in [3.05, 3.63) is 28.7 Å². The van der Waals surface area contributed by atoms with Crippen LogP contribution in [0.3, 0.4) is 0 Å². The van der Waals surface area contributed by atoms with Crippen molar-refractivity contribution in [3.63, 3.8) is 0 Å². The lowest BCUT2D eigenvalue weighted by Gasteiger charge is -2.03. The van der Waals surface area contributed by atoms with Gasteiger partial charge in [-0.1, -0.05) is 11.6 Å². The Morgan fingerprint density at radius 1 is 1.44 bits per heavy atom. The summed E-state index contributed by atoms with van der Waals surface area (Å²) in [4.78, 5) is 7.46. The molecule has 0 fully saturated rings. The number of nitrogen functional groups attached to an aromatic ring is 1. The average Bonchev–Trinajstić information content (AvgIpc) is 2.93. The van der Waals surface area contributed by atoms with Gasteiger partial charge in [0.25, 0.3) is 0 Å². The topological polar surface area (TPSA) is 63.9 Å². The molecule has 1 aromatic carbocycles. The van der Waals surface area contributed by atoms with Crippen molar-refractivity contribution in [3.8, 4) is 17.0 Å². The fourth-order valence-corrected chi connectivity index (χ4v) is 2.71. The molecule has 18 heavy (non-hydrogen) atoms. The zero-order chi connectivity index (χ0) is 12.7. The van der Waals surface area contributed by atoms with Gasteiger partial charge >= 0.3 is 0 Å². The minimum atomic E-state index is 0.556. The van der Waals surface area contributed by atoms with E-state index in [0.29, 0.717) is 15.9 Å². The van der Waals surface area contributed by atoms with Gasteiger partial charge < -0.3 is 15.5 Å². The molecular weight excluding hydrogens is 270 g/mol. The van der Waals surface area contributed by atoms with E-state index in [4.69, 9.17) is 22.1 Å². The van der Waals surface area contributed by atoms with E-state index in [1.54, 1.807) is 7.11 Å². The summed E-state index contributed by atoms with van der Waals surface area (Å²) in [5.74, 6) is 0.646. The van der Waals surface area contributed by atoms with Crippen molar-refractivity contribution < 1.29 is 4.74 Å². The third-order valence-corrected chi connectivity index (χ3v) is 3.72. The molecule has 2 aromatic heterocycles. The Balaban J connectivity index is 2.25. The number of nitrogens with zero attached hydrogens (tertiary/aromatic N) is 1. The number of nitrogens with two attached hydrogens (primary N) is 1. The Morgan fingerprint density at radius 3 is 2.94 bits per heavy atom. The quantitative estimate of drug-likeness (QED) is 0.754. The monoisotopic (exact) mass is 279 g/mol. The summed E-state index contributed by atoms with van der Waals surface area (Å²) in [5, 5.41) is 4.08. The fourth-order valence-electron chi connectivity index (χ4n) is 1.90. The third-order valence-electron chi connectivity index (χ3n) is 2.75. The van der Waals surface area contributed by atoms with Crippen LogP contribution in [-0.4, -0.2) is 17.1 Å². The number of H-pyrrole nitrogens is 1. The van der Waals surface area contributed by atoms with Gasteiger partial charge in [-0.2, -0.15) is 0 Å². The van der Waals surface area contributed by atoms with E-state index >= 15 is 0 Å². The Hall–Kier alpha value is -1.72. The first-order valence-electron chi connectivity index (χ1n) is 5.25. The molecule has 3 rings (SSSR count). The highest BCUT2D eigenvalue weighted by Crippen LogP contribution is 2.35. The molecule has 0 unspecified atom stereocenters. The molecule has 0 spiro atoms. The number of ether oxygens (including phenoxy) is 1. The lowest BCUT2D eigenvalue weighted by atomic mass is 10.1. The normalized spacial score (nSPS) is 11.0. The minimum absolute atomic E-state index is 0.556. The maximum atomic E-state index is 6.08. The summed E-state index contributed by atoms with van der Waals surface area (Å²) in [6, 6.07) is 3.74. The first-order valence-corrected chi connectivity index (χ1v) is 6.51. The molecule has 3 N–H and O–H groups in total. The first kappa shape index (κ1) is 11.4. The van der Waals surface area contributed by atoms with Gasteiger partial charge in [-0.3, -0.25) is 0 Å². The number of rotatable bonds is 2. The zero-order valence-electron chi connectivity index (χ0n) is 9.53. The van der Waals surface area contributed by atoms with Crippen molar-refractivity contribution in [2.24, 2.45) is 0 Å². The summed E-state index contributed by atoms with van der Waals surface area (Å²) in [6.07, 6.45) is 1.90. The Kier molecular flexibility index (Phi) is 2.65. The molecule has 3 aromatic rings.